The first-order chi connectivity index (χ1) is 12.9. The van der Waals surface area contributed by atoms with Crippen molar-refractivity contribution in [2.45, 2.75) is 27.2 Å². The monoisotopic (exact) mass is 374 g/mol. The second-order valence-corrected chi connectivity index (χ2v) is 5.62. The van der Waals surface area contributed by atoms with Gasteiger partial charge >= 0.3 is 5.97 Å². The van der Waals surface area contributed by atoms with Gasteiger partial charge in [0.15, 0.2) is 6.61 Å². The van der Waals surface area contributed by atoms with Crippen molar-refractivity contribution in [2.75, 3.05) is 18.5 Å². The number of benzene rings is 1. The highest BCUT2D eigenvalue weighted by Gasteiger charge is 2.29. The summed E-state index contributed by atoms with van der Waals surface area (Å²) in [6.07, 6.45) is 0.754. The third-order valence-electron chi connectivity index (χ3n) is 3.78. The van der Waals surface area contributed by atoms with Gasteiger partial charge < -0.3 is 19.6 Å². The summed E-state index contributed by atoms with van der Waals surface area (Å²) in [6.45, 7) is 4.90. The average Bonchev–Trinajstić information content (AvgIpc) is 2.96. The molecule has 8 nitrogen and oxygen atoms in total. The summed E-state index contributed by atoms with van der Waals surface area (Å²) < 4.78 is 15.8. The van der Waals surface area contributed by atoms with Gasteiger partial charge in [-0.3, -0.25) is 14.9 Å². The van der Waals surface area contributed by atoms with Gasteiger partial charge in [0, 0.05) is 0 Å². The quantitative estimate of drug-likeness (QED) is 0.685. The van der Waals surface area contributed by atoms with Crippen LogP contribution >= 0.6 is 0 Å². The first-order valence-electron chi connectivity index (χ1n) is 8.49. The van der Waals surface area contributed by atoms with E-state index in [4.69, 9.17) is 19.6 Å². The van der Waals surface area contributed by atoms with Gasteiger partial charge in [-0.15, -0.1) is 0 Å². The van der Waals surface area contributed by atoms with E-state index in [-0.39, 0.29) is 36.0 Å². The maximum absolute atomic E-state index is 12.2. The molecule has 1 aromatic carbocycles. The number of hydrogen-bond donors (Lipinski definition) is 2. The Hall–Kier alpha value is -3.29. The van der Waals surface area contributed by atoms with E-state index < -0.39 is 17.8 Å². The number of carbonyl (C=O) groups excluding carboxylic acids is 3. The number of anilines is 1. The van der Waals surface area contributed by atoms with Crippen LogP contribution in [0.4, 0.5) is 5.88 Å². The van der Waals surface area contributed by atoms with Crippen LogP contribution < -0.4 is 15.8 Å². The second kappa shape index (κ2) is 8.88. The number of carbonyl (C=O) groups is 3. The van der Waals surface area contributed by atoms with E-state index in [1.54, 1.807) is 19.1 Å². The van der Waals surface area contributed by atoms with Gasteiger partial charge in [0.25, 0.3) is 11.8 Å². The van der Waals surface area contributed by atoms with Gasteiger partial charge in [-0.05, 0) is 31.9 Å². The number of nitrogens with one attached hydrogen (secondary N) is 1. The third kappa shape index (κ3) is 4.66. The number of hydrogen-bond acceptors (Lipinski definition) is 6. The summed E-state index contributed by atoms with van der Waals surface area (Å²) in [7, 11) is 0. The van der Waals surface area contributed by atoms with Gasteiger partial charge in [-0.1, -0.05) is 25.1 Å². The Kier molecular flexibility index (Phi) is 6.59. The highest BCUT2D eigenvalue weighted by molar-refractivity contribution is 6.10. The summed E-state index contributed by atoms with van der Waals surface area (Å²) >= 11 is 0. The van der Waals surface area contributed by atoms with Crippen molar-refractivity contribution in [1.29, 1.82) is 0 Å². The standard InChI is InChI=1S/C19H22N2O6/c1-4-12-8-6-7-9-13(12)26-10-14(22)21-18-16(17(20)23)15(11(3)27-18)19(24)25-5-2/h6-9H,4-5,10H2,1-3H3,(H2,20,23)(H,21,22). The van der Waals surface area contributed by atoms with Crippen LogP contribution in [0.2, 0.25) is 0 Å². The smallest absolute Gasteiger partial charge is 0.342 e. The van der Waals surface area contributed by atoms with Crippen molar-refractivity contribution in [2.24, 2.45) is 5.73 Å². The molecule has 0 aliphatic carbocycles. The van der Waals surface area contributed by atoms with Crippen molar-refractivity contribution >= 4 is 23.7 Å². The molecule has 0 aliphatic rings. The van der Waals surface area contributed by atoms with Crippen LogP contribution in [0.25, 0.3) is 0 Å². The van der Waals surface area contributed by atoms with Crippen molar-refractivity contribution in [1.82, 2.24) is 0 Å². The lowest BCUT2D eigenvalue weighted by Gasteiger charge is -2.10. The number of nitrogens with two attached hydrogens (primary N) is 1. The van der Waals surface area contributed by atoms with Crippen molar-refractivity contribution in [3.05, 3.63) is 46.7 Å². The van der Waals surface area contributed by atoms with Crippen LogP contribution in [-0.4, -0.2) is 31.0 Å². The molecule has 27 heavy (non-hydrogen) atoms. The highest BCUT2D eigenvalue weighted by Crippen LogP contribution is 2.27. The molecule has 0 radical (unpaired) electrons. The molecule has 2 aromatic rings. The maximum atomic E-state index is 12.2. The number of primary amides is 1. The molecule has 1 aromatic heterocycles. The molecule has 0 aliphatic heterocycles. The lowest BCUT2D eigenvalue weighted by atomic mass is 10.1. The van der Waals surface area contributed by atoms with E-state index in [0.29, 0.717) is 5.75 Å². The number of para-hydroxylation sites is 1. The van der Waals surface area contributed by atoms with Gasteiger partial charge in [-0.2, -0.15) is 0 Å². The summed E-state index contributed by atoms with van der Waals surface area (Å²) in [5, 5.41) is 2.42. The molecule has 0 unspecified atom stereocenters. The van der Waals surface area contributed by atoms with Gasteiger partial charge in [0.05, 0.1) is 6.61 Å². The van der Waals surface area contributed by atoms with E-state index in [0.717, 1.165) is 12.0 Å². The molecule has 0 bridgehead atoms. The number of ether oxygens (including phenoxy) is 2. The molecular weight excluding hydrogens is 352 g/mol. The molecule has 0 fully saturated rings. The van der Waals surface area contributed by atoms with Crippen LogP contribution in [0.1, 0.15) is 45.9 Å². The summed E-state index contributed by atoms with van der Waals surface area (Å²) in [6, 6.07) is 7.35. The van der Waals surface area contributed by atoms with Crippen LogP contribution in [0.3, 0.4) is 0 Å². The molecule has 0 atom stereocenters. The Morgan fingerprint density at radius 2 is 1.85 bits per heavy atom. The molecular formula is C19H22N2O6. The van der Waals surface area contributed by atoms with Crippen molar-refractivity contribution < 1.29 is 28.3 Å². The largest absolute Gasteiger partial charge is 0.483 e. The normalized spacial score (nSPS) is 10.3. The minimum atomic E-state index is -0.914. The Labute approximate surface area is 156 Å². The summed E-state index contributed by atoms with van der Waals surface area (Å²) in [5.41, 5.74) is 5.98. The molecule has 2 amide bonds. The van der Waals surface area contributed by atoms with Crippen LogP contribution in [0.5, 0.6) is 5.75 Å². The first-order valence-corrected chi connectivity index (χ1v) is 8.49. The zero-order valence-corrected chi connectivity index (χ0v) is 15.5. The van der Waals surface area contributed by atoms with E-state index in [2.05, 4.69) is 5.32 Å². The lowest BCUT2D eigenvalue weighted by Crippen LogP contribution is -2.23. The molecule has 0 spiro atoms. The molecule has 144 valence electrons. The number of esters is 1. The Morgan fingerprint density at radius 3 is 2.48 bits per heavy atom. The number of aryl methyl sites for hydroxylation is 2. The maximum Gasteiger partial charge on any atom is 0.342 e. The second-order valence-electron chi connectivity index (χ2n) is 5.62. The number of rotatable bonds is 8. The zero-order valence-electron chi connectivity index (χ0n) is 15.5. The van der Waals surface area contributed by atoms with Crippen molar-refractivity contribution in [3.63, 3.8) is 0 Å². The fraction of sp³-hybridized carbons (Fsp3) is 0.316. The minimum Gasteiger partial charge on any atom is -0.483 e. The Balaban J connectivity index is 2.16. The fourth-order valence-corrected chi connectivity index (χ4v) is 2.56. The predicted octanol–water partition coefficient (Wildman–Crippen LogP) is 2.44. The zero-order chi connectivity index (χ0) is 20.0. The fourth-order valence-electron chi connectivity index (χ4n) is 2.56. The minimum absolute atomic E-state index is 0.100. The SMILES string of the molecule is CCOC(=O)c1c(C)oc(NC(=O)COc2ccccc2CC)c1C(N)=O. The van der Waals surface area contributed by atoms with E-state index in [1.165, 1.54) is 6.92 Å². The third-order valence-corrected chi connectivity index (χ3v) is 3.78. The Bertz CT molecular complexity index is 856. The van der Waals surface area contributed by atoms with E-state index >= 15 is 0 Å². The van der Waals surface area contributed by atoms with Gasteiger partial charge in [0.2, 0.25) is 5.88 Å². The predicted molar refractivity (Wildman–Crippen MR) is 97.9 cm³/mol. The van der Waals surface area contributed by atoms with Gasteiger partial charge in [0.1, 0.15) is 22.6 Å². The summed E-state index contributed by atoms with van der Waals surface area (Å²) in [5.74, 6) is -1.72. The van der Waals surface area contributed by atoms with E-state index in [1.807, 2.05) is 19.1 Å². The first kappa shape index (κ1) is 20.0. The number of furan rings is 1. The highest BCUT2D eigenvalue weighted by atomic mass is 16.5. The van der Waals surface area contributed by atoms with Crippen LogP contribution in [0.15, 0.2) is 28.7 Å². The molecule has 1 heterocycles. The summed E-state index contributed by atoms with van der Waals surface area (Å²) in [4.78, 5) is 36.0. The molecule has 0 saturated carbocycles. The van der Waals surface area contributed by atoms with E-state index in [9.17, 15) is 14.4 Å². The van der Waals surface area contributed by atoms with Crippen LogP contribution in [-0.2, 0) is 16.0 Å². The Morgan fingerprint density at radius 1 is 1.15 bits per heavy atom. The molecule has 2 rings (SSSR count). The number of amides is 2. The molecule has 3 N–H and O–H groups in total. The van der Waals surface area contributed by atoms with Crippen molar-refractivity contribution in [3.8, 4) is 5.75 Å². The molecule has 8 heteroatoms. The topological polar surface area (TPSA) is 121 Å². The lowest BCUT2D eigenvalue weighted by molar-refractivity contribution is -0.118. The van der Waals surface area contributed by atoms with Gasteiger partial charge in [-0.25, -0.2) is 4.79 Å². The van der Waals surface area contributed by atoms with Crippen LogP contribution in [0, 0.1) is 6.92 Å². The molecule has 0 saturated heterocycles. The average molecular weight is 374 g/mol.